The Balaban J connectivity index is 2.35. The third-order valence-corrected chi connectivity index (χ3v) is 1.80. The van der Waals surface area contributed by atoms with Gasteiger partial charge in [0.25, 0.3) is 0 Å². The molecule has 0 saturated heterocycles. The van der Waals surface area contributed by atoms with E-state index >= 15 is 0 Å². The summed E-state index contributed by atoms with van der Waals surface area (Å²) in [5.74, 6) is 5.56. The predicted octanol–water partition coefficient (Wildman–Crippen LogP) is 2.15. The van der Waals surface area contributed by atoms with Crippen molar-refractivity contribution in [2.75, 3.05) is 0 Å². The van der Waals surface area contributed by atoms with Gasteiger partial charge in [0.1, 0.15) is 0 Å². The average Bonchev–Trinajstić information content (AvgIpc) is 2.60. The molecule has 0 aliphatic rings. The van der Waals surface area contributed by atoms with Crippen molar-refractivity contribution in [3.05, 3.63) is 30.3 Å². The first-order chi connectivity index (χ1) is 6.90. The highest BCUT2D eigenvalue weighted by molar-refractivity contribution is 5.82. The monoisotopic (exact) mass is 187 g/mol. The van der Waals surface area contributed by atoms with Gasteiger partial charge in [-0.1, -0.05) is 18.2 Å². The fraction of sp³-hybridized carbons (Fsp3) is 0. The van der Waals surface area contributed by atoms with Crippen LogP contribution in [0.5, 0.6) is 0 Å². The molecular formula is C9H9N5. The lowest BCUT2D eigenvalue weighted by Gasteiger charge is -1.83. The van der Waals surface area contributed by atoms with E-state index in [2.05, 4.69) is 20.3 Å². The molecule has 2 aromatic rings. The van der Waals surface area contributed by atoms with Crippen molar-refractivity contribution in [3.63, 3.8) is 0 Å². The van der Waals surface area contributed by atoms with Gasteiger partial charge in [-0.15, -0.1) is 10.2 Å². The van der Waals surface area contributed by atoms with Crippen LogP contribution < -0.4 is 5.84 Å². The van der Waals surface area contributed by atoms with E-state index in [0.29, 0.717) is 5.82 Å². The van der Waals surface area contributed by atoms with Crippen LogP contribution in [0.25, 0.3) is 10.9 Å². The van der Waals surface area contributed by atoms with Gasteiger partial charge in [-0.25, -0.2) is 0 Å². The number of H-pyrrole nitrogens is 1. The highest BCUT2D eigenvalue weighted by atomic mass is 15.2. The number of aromatic nitrogens is 1. The van der Waals surface area contributed by atoms with Crippen LogP contribution in [0.1, 0.15) is 0 Å². The number of hydrazone groups is 1. The Kier molecular flexibility index (Phi) is 2.22. The van der Waals surface area contributed by atoms with E-state index in [1.165, 1.54) is 6.34 Å². The molecule has 1 aromatic heterocycles. The van der Waals surface area contributed by atoms with E-state index in [0.717, 1.165) is 10.9 Å². The fourth-order valence-corrected chi connectivity index (χ4v) is 1.23. The van der Waals surface area contributed by atoms with Gasteiger partial charge in [-0.2, -0.15) is 5.10 Å². The summed E-state index contributed by atoms with van der Waals surface area (Å²) in [5, 5.41) is 11.8. The lowest BCUT2D eigenvalue weighted by molar-refractivity contribution is 1.19. The van der Waals surface area contributed by atoms with Gasteiger partial charge in [-0.3, -0.25) is 0 Å². The zero-order valence-electron chi connectivity index (χ0n) is 7.38. The van der Waals surface area contributed by atoms with Gasteiger partial charge in [0.15, 0.2) is 12.2 Å². The number of nitrogens with zero attached hydrogens (tertiary/aromatic N) is 3. The molecule has 0 aliphatic carbocycles. The summed E-state index contributed by atoms with van der Waals surface area (Å²) >= 11 is 0. The highest BCUT2D eigenvalue weighted by Crippen LogP contribution is 2.20. The molecule has 5 nitrogen and oxygen atoms in total. The van der Waals surface area contributed by atoms with E-state index in [1.54, 1.807) is 0 Å². The van der Waals surface area contributed by atoms with Crippen LogP contribution in [-0.2, 0) is 0 Å². The third kappa shape index (κ3) is 1.61. The molecule has 1 heterocycles. The SMILES string of the molecule is NN=CN=Nc1cc2ccccc2[nH]1. The summed E-state index contributed by atoms with van der Waals surface area (Å²) in [6.07, 6.45) is 1.19. The fourth-order valence-electron chi connectivity index (χ4n) is 1.23. The molecule has 0 aliphatic heterocycles. The van der Waals surface area contributed by atoms with Gasteiger partial charge >= 0.3 is 0 Å². The number of aromatic amines is 1. The summed E-state index contributed by atoms with van der Waals surface area (Å²) in [6, 6.07) is 9.82. The molecule has 0 bridgehead atoms. The Bertz CT molecular complexity index is 450. The van der Waals surface area contributed by atoms with Crippen LogP contribution in [0, 0.1) is 0 Å². The molecule has 2 rings (SSSR count). The number of para-hydroxylation sites is 1. The summed E-state index contributed by atoms with van der Waals surface area (Å²) in [4.78, 5) is 3.09. The molecule has 0 saturated carbocycles. The molecule has 70 valence electrons. The van der Waals surface area contributed by atoms with E-state index in [-0.39, 0.29) is 0 Å². The van der Waals surface area contributed by atoms with Crippen LogP contribution in [-0.4, -0.2) is 11.3 Å². The molecular weight excluding hydrogens is 178 g/mol. The Labute approximate surface area is 80.3 Å². The van der Waals surface area contributed by atoms with Crippen LogP contribution in [0.3, 0.4) is 0 Å². The van der Waals surface area contributed by atoms with E-state index in [1.807, 2.05) is 30.3 Å². The van der Waals surface area contributed by atoms with Crippen molar-refractivity contribution < 1.29 is 0 Å². The zero-order valence-corrected chi connectivity index (χ0v) is 7.38. The van der Waals surface area contributed by atoms with Crippen LogP contribution in [0.2, 0.25) is 0 Å². The summed E-state index contributed by atoms with van der Waals surface area (Å²) in [7, 11) is 0. The van der Waals surface area contributed by atoms with Gasteiger partial charge in [0.2, 0.25) is 0 Å². The smallest absolute Gasteiger partial charge is 0.157 e. The Morgan fingerprint density at radius 2 is 2.14 bits per heavy atom. The summed E-state index contributed by atoms with van der Waals surface area (Å²) in [6.45, 7) is 0. The van der Waals surface area contributed by atoms with Crippen molar-refractivity contribution in [2.24, 2.45) is 21.2 Å². The largest absolute Gasteiger partial charge is 0.338 e. The maximum Gasteiger partial charge on any atom is 0.157 e. The van der Waals surface area contributed by atoms with Crippen molar-refractivity contribution in [1.82, 2.24) is 4.98 Å². The topological polar surface area (TPSA) is 78.9 Å². The molecule has 0 spiro atoms. The number of hydrogen-bond acceptors (Lipinski definition) is 3. The summed E-state index contributed by atoms with van der Waals surface area (Å²) < 4.78 is 0. The molecule has 5 heteroatoms. The first-order valence-corrected chi connectivity index (χ1v) is 4.10. The van der Waals surface area contributed by atoms with Crippen molar-refractivity contribution in [2.45, 2.75) is 0 Å². The second kappa shape index (κ2) is 3.69. The van der Waals surface area contributed by atoms with E-state index in [9.17, 15) is 0 Å². The molecule has 3 N–H and O–H groups in total. The molecule has 14 heavy (non-hydrogen) atoms. The second-order valence-corrected chi connectivity index (χ2v) is 2.72. The number of benzene rings is 1. The summed E-state index contributed by atoms with van der Waals surface area (Å²) in [5.41, 5.74) is 1.03. The number of hydrogen-bond donors (Lipinski definition) is 2. The second-order valence-electron chi connectivity index (χ2n) is 2.72. The lowest BCUT2D eigenvalue weighted by atomic mass is 10.3. The molecule has 0 radical (unpaired) electrons. The minimum Gasteiger partial charge on any atom is -0.338 e. The number of nitrogens with one attached hydrogen (secondary N) is 1. The lowest BCUT2D eigenvalue weighted by Crippen LogP contribution is -1.76. The first-order valence-electron chi connectivity index (χ1n) is 4.10. The Morgan fingerprint density at radius 3 is 2.93 bits per heavy atom. The van der Waals surface area contributed by atoms with Gasteiger partial charge in [0.05, 0.1) is 0 Å². The molecule has 0 unspecified atom stereocenters. The standard InChI is InChI=1S/C9H9N5/c10-11-6-12-14-9-5-7-3-1-2-4-8(7)13-9/h1-6,13H,10H2. The Hall–Kier alpha value is -2.17. The number of nitrogens with two attached hydrogens (primary N) is 1. The minimum absolute atomic E-state index is 0.686. The number of fused-ring (bicyclic) bond motifs is 1. The molecule has 1 aromatic carbocycles. The zero-order chi connectivity index (χ0) is 9.80. The quantitative estimate of drug-likeness (QED) is 0.244. The number of rotatable bonds is 2. The number of azo groups is 1. The average molecular weight is 187 g/mol. The van der Waals surface area contributed by atoms with Crippen molar-refractivity contribution >= 4 is 23.1 Å². The highest BCUT2D eigenvalue weighted by Gasteiger charge is 1.96. The van der Waals surface area contributed by atoms with Gasteiger partial charge in [0, 0.05) is 10.9 Å². The van der Waals surface area contributed by atoms with Crippen molar-refractivity contribution in [3.8, 4) is 0 Å². The van der Waals surface area contributed by atoms with Crippen molar-refractivity contribution in [1.29, 1.82) is 0 Å². The molecule has 0 fully saturated rings. The van der Waals surface area contributed by atoms with E-state index < -0.39 is 0 Å². The maximum atomic E-state index is 4.87. The van der Waals surface area contributed by atoms with E-state index in [4.69, 9.17) is 5.84 Å². The minimum atomic E-state index is 0.686. The molecule has 0 atom stereocenters. The first kappa shape index (κ1) is 8.43. The predicted molar refractivity (Wildman–Crippen MR) is 55.5 cm³/mol. The van der Waals surface area contributed by atoms with Gasteiger partial charge in [-0.05, 0) is 12.1 Å². The maximum absolute atomic E-state index is 4.87. The van der Waals surface area contributed by atoms with Crippen LogP contribution >= 0.6 is 0 Å². The third-order valence-electron chi connectivity index (χ3n) is 1.80. The molecule has 0 amide bonds. The van der Waals surface area contributed by atoms with Crippen LogP contribution in [0.4, 0.5) is 5.82 Å². The van der Waals surface area contributed by atoms with Crippen LogP contribution in [0.15, 0.2) is 45.7 Å². The Morgan fingerprint density at radius 1 is 1.29 bits per heavy atom. The normalized spacial score (nSPS) is 12.0. The van der Waals surface area contributed by atoms with Gasteiger partial charge < -0.3 is 10.8 Å².